The van der Waals surface area contributed by atoms with Crippen LogP contribution in [-0.2, 0) is 6.42 Å². The Morgan fingerprint density at radius 3 is 2.71 bits per heavy atom. The van der Waals surface area contributed by atoms with E-state index < -0.39 is 0 Å². The van der Waals surface area contributed by atoms with Crippen LogP contribution in [0.5, 0.6) is 0 Å². The molecular formula is C12H13Cl2N3. The van der Waals surface area contributed by atoms with Crippen molar-refractivity contribution in [3.05, 3.63) is 39.9 Å². The highest BCUT2D eigenvalue weighted by atomic mass is 35.5. The second-order valence-corrected chi connectivity index (χ2v) is 4.60. The van der Waals surface area contributed by atoms with Crippen LogP contribution >= 0.6 is 23.2 Å². The summed E-state index contributed by atoms with van der Waals surface area (Å²) in [6, 6.07) is 5.73. The van der Waals surface area contributed by atoms with Crippen molar-refractivity contribution in [2.75, 3.05) is 0 Å². The van der Waals surface area contributed by atoms with Gasteiger partial charge in [0, 0.05) is 11.4 Å². The Hall–Kier alpha value is -1.06. The standard InChI is InChI=1S/C12H13Cl2N3/c1-3-5-11-15-16-12(14)17(11)10-7-4-6-9(13)8(10)2/h4,6-7H,3,5H2,1-2H3. The molecule has 90 valence electrons. The fraction of sp³-hybridized carbons (Fsp3) is 0.333. The van der Waals surface area contributed by atoms with Crippen LogP contribution in [0.25, 0.3) is 5.69 Å². The third-order valence-corrected chi connectivity index (χ3v) is 3.30. The predicted molar refractivity (Wildman–Crippen MR) is 70.1 cm³/mol. The Morgan fingerprint density at radius 2 is 2.00 bits per heavy atom. The molecule has 1 aromatic heterocycles. The normalized spacial score (nSPS) is 10.8. The molecule has 0 aliphatic rings. The SMILES string of the molecule is CCCc1nnc(Cl)n1-c1cccc(Cl)c1C. The molecule has 0 fully saturated rings. The number of hydrogen-bond acceptors (Lipinski definition) is 2. The van der Waals surface area contributed by atoms with E-state index in [4.69, 9.17) is 23.2 Å². The molecule has 0 aliphatic heterocycles. The van der Waals surface area contributed by atoms with E-state index in [1.807, 2.05) is 29.7 Å². The van der Waals surface area contributed by atoms with Crippen molar-refractivity contribution in [2.24, 2.45) is 0 Å². The Bertz CT molecular complexity index is 535. The second kappa shape index (κ2) is 5.07. The van der Waals surface area contributed by atoms with Gasteiger partial charge in [0.05, 0.1) is 5.69 Å². The first-order valence-corrected chi connectivity index (χ1v) is 6.26. The summed E-state index contributed by atoms with van der Waals surface area (Å²) in [6.07, 6.45) is 1.83. The molecule has 2 rings (SSSR count). The van der Waals surface area contributed by atoms with Crippen LogP contribution in [0.3, 0.4) is 0 Å². The molecule has 0 atom stereocenters. The van der Waals surface area contributed by atoms with Crippen molar-refractivity contribution in [1.29, 1.82) is 0 Å². The van der Waals surface area contributed by atoms with Gasteiger partial charge in [-0.2, -0.15) is 0 Å². The minimum atomic E-state index is 0.374. The van der Waals surface area contributed by atoms with Gasteiger partial charge >= 0.3 is 0 Å². The van der Waals surface area contributed by atoms with Crippen molar-refractivity contribution >= 4 is 23.2 Å². The molecule has 0 saturated carbocycles. The van der Waals surface area contributed by atoms with Crippen LogP contribution in [0, 0.1) is 6.92 Å². The lowest BCUT2D eigenvalue weighted by atomic mass is 10.2. The van der Waals surface area contributed by atoms with E-state index in [2.05, 4.69) is 17.1 Å². The minimum Gasteiger partial charge on any atom is -0.269 e. The van der Waals surface area contributed by atoms with Gasteiger partial charge in [0.2, 0.25) is 5.28 Å². The number of halogens is 2. The smallest absolute Gasteiger partial charge is 0.229 e. The number of rotatable bonds is 3. The number of aryl methyl sites for hydroxylation is 1. The molecule has 0 spiro atoms. The molecule has 1 aromatic carbocycles. The van der Waals surface area contributed by atoms with E-state index >= 15 is 0 Å². The quantitative estimate of drug-likeness (QED) is 0.848. The topological polar surface area (TPSA) is 30.7 Å². The van der Waals surface area contributed by atoms with Gasteiger partial charge in [-0.25, -0.2) is 0 Å². The Balaban J connectivity index is 2.59. The van der Waals surface area contributed by atoms with Crippen molar-refractivity contribution < 1.29 is 0 Å². The summed E-state index contributed by atoms with van der Waals surface area (Å²) in [5, 5.41) is 9.10. The fourth-order valence-electron chi connectivity index (χ4n) is 1.76. The molecule has 5 heteroatoms. The predicted octanol–water partition coefficient (Wildman–Crippen LogP) is 3.84. The van der Waals surface area contributed by atoms with Crippen LogP contribution in [-0.4, -0.2) is 14.8 Å². The van der Waals surface area contributed by atoms with Crippen LogP contribution in [0.1, 0.15) is 24.7 Å². The fourth-order valence-corrected chi connectivity index (χ4v) is 2.15. The summed E-state index contributed by atoms with van der Waals surface area (Å²) in [6.45, 7) is 4.06. The summed E-state index contributed by atoms with van der Waals surface area (Å²) in [7, 11) is 0. The highest BCUT2D eigenvalue weighted by molar-refractivity contribution is 6.31. The van der Waals surface area contributed by atoms with Crippen LogP contribution in [0.2, 0.25) is 10.3 Å². The van der Waals surface area contributed by atoms with E-state index in [1.165, 1.54) is 0 Å². The average Bonchev–Trinajstić information content (AvgIpc) is 2.65. The summed E-state index contributed by atoms with van der Waals surface area (Å²) < 4.78 is 1.85. The first kappa shape index (κ1) is 12.4. The molecule has 0 bridgehead atoms. The maximum Gasteiger partial charge on any atom is 0.229 e. The second-order valence-electron chi connectivity index (χ2n) is 3.85. The van der Waals surface area contributed by atoms with E-state index in [1.54, 1.807) is 0 Å². The third-order valence-electron chi connectivity index (χ3n) is 2.64. The molecule has 0 amide bonds. The molecule has 1 heterocycles. The molecule has 0 saturated heterocycles. The van der Waals surface area contributed by atoms with Crippen LogP contribution in [0.15, 0.2) is 18.2 Å². The van der Waals surface area contributed by atoms with Crippen molar-refractivity contribution in [3.8, 4) is 5.69 Å². The monoisotopic (exact) mass is 269 g/mol. The summed E-state index contributed by atoms with van der Waals surface area (Å²) in [5.41, 5.74) is 1.92. The zero-order valence-corrected chi connectivity index (χ0v) is 11.3. The van der Waals surface area contributed by atoms with E-state index in [0.29, 0.717) is 5.28 Å². The van der Waals surface area contributed by atoms with Crippen molar-refractivity contribution in [2.45, 2.75) is 26.7 Å². The van der Waals surface area contributed by atoms with Crippen LogP contribution < -0.4 is 0 Å². The van der Waals surface area contributed by atoms with Gasteiger partial charge in [-0.05, 0) is 42.6 Å². The van der Waals surface area contributed by atoms with Gasteiger partial charge in [0.15, 0.2) is 0 Å². The molecular weight excluding hydrogens is 257 g/mol. The number of hydrogen-bond donors (Lipinski definition) is 0. The first-order chi connectivity index (χ1) is 8.15. The van der Waals surface area contributed by atoms with Crippen molar-refractivity contribution in [1.82, 2.24) is 14.8 Å². The average molecular weight is 270 g/mol. The number of aromatic nitrogens is 3. The van der Waals surface area contributed by atoms with E-state index in [0.717, 1.165) is 34.9 Å². The molecule has 3 nitrogen and oxygen atoms in total. The van der Waals surface area contributed by atoms with Gasteiger partial charge in [-0.1, -0.05) is 24.6 Å². The lowest BCUT2D eigenvalue weighted by Gasteiger charge is -2.11. The lowest BCUT2D eigenvalue weighted by Crippen LogP contribution is -2.03. The lowest BCUT2D eigenvalue weighted by molar-refractivity contribution is 0.801. The van der Waals surface area contributed by atoms with E-state index in [9.17, 15) is 0 Å². The highest BCUT2D eigenvalue weighted by Gasteiger charge is 2.14. The number of benzene rings is 1. The minimum absolute atomic E-state index is 0.374. The molecule has 0 aliphatic carbocycles. The number of nitrogens with zero attached hydrogens (tertiary/aromatic N) is 3. The van der Waals surface area contributed by atoms with Gasteiger partial charge in [0.1, 0.15) is 5.82 Å². The molecule has 0 N–H and O–H groups in total. The van der Waals surface area contributed by atoms with Gasteiger partial charge in [-0.15, -0.1) is 10.2 Å². The Morgan fingerprint density at radius 1 is 1.24 bits per heavy atom. The zero-order valence-electron chi connectivity index (χ0n) is 9.74. The Labute approximate surface area is 110 Å². The maximum absolute atomic E-state index is 6.12. The summed E-state index contributed by atoms with van der Waals surface area (Å²) in [5.74, 6) is 0.864. The largest absolute Gasteiger partial charge is 0.269 e. The molecule has 17 heavy (non-hydrogen) atoms. The van der Waals surface area contributed by atoms with Gasteiger partial charge in [0.25, 0.3) is 0 Å². The molecule has 0 unspecified atom stereocenters. The maximum atomic E-state index is 6.12. The zero-order chi connectivity index (χ0) is 12.4. The summed E-state index contributed by atoms with van der Waals surface area (Å²) in [4.78, 5) is 0. The van der Waals surface area contributed by atoms with Gasteiger partial charge in [-0.3, -0.25) is 4.57 Å². The van der Waals surface area contributed by atoms with Crippen LogP contribution in [0.4, 0.5) is 0 Å². The van der Waals surface area contributed by atoms with Crippen molar-refractivity contribution in [3.63, 3.8) is 0 Å². The third kappa shape index (κ3) is 2.31. The van der Waals surface area contributed by atoms with E-state index in [-0.39, 0.29) is 0 Å². The summed E-state index contributed by atoms with van der Waals surface area (Å²) >= 11 is 12.2. The first-order valence-electron chi connectivity index (χ1n) is 5.50. The highest BCUT2D eigenvalue weighted by Crippen LogP contribution is 2.25. The molecule has 0 radical (unpaired) electrons. The molecule has 2 aromatic rings. The Kier molecular flexibility index (Phi) is 3.69. The van der Waals surface area contributed by atoms with Gasteiger partial charge < -0.3 is 0 Å².